The number of nitrogens with one attached hydrogen (secondary N) is 1. The summed E-state index contributed by atoms with van der Waals surface area (Å²) < 4.78 is 26.9. The molecule has 1 aromatic rings. The minimum atomic E-state index is -3.47. The lowest BCUT2D eigenvalue weighted by molar-refractivity contribution is -0.119. The van der Waals surface area contributed by atoms with Gasteiger partial charge in [-0.2, -0.15) is 4.31 Å². The minimum Gasteiger partial charge on any atom is -0.326 e. The fourth-order valence-corrected chi connectivity index (χ4v) is 4.77. The van der Waals surface area contributed by atoms with Gasteiger partial charge in [0.1, 0.15) is 0 Å². The molecule has 1 N–H and O–H groups in total. The smallest absolute Gasteiger partial charge is 0.243 e. The average Bonchev–Trinajstić information content (AvgIpc) is 3.10. The van der Waals surface area contributed by atoms with Gasteiger partial charge in [0.05, 0.1) is 4.90 Å². The maximum atomic E-state index is 12.7. The lowest BCUT2D eigenvalue weighted by atomic mass is 10.1. The maximum absolute atomic E-state index is 12.7. The first-order chi connectivity index (χ1) is 11.5. The number of sulfonamides is 1. The molecule has 24 heavy (non-hydrogen) atoms. The molecule has 1 aliphatic rings. The second-order valence-corrected chi connectivity index (χ2v) is 8.34. The fraction of sp³-hybridized carbons (Fsp3) is 0.611. The van der Waals surface area contributed by atoms with Crippen molar-refractivity contribution in [3.8, 4) is 0 Å². The topological polar surface area (TPSA) is 66.5 Å². The van der Waals surface area contributed by atoms with Gasteiger partial charge in [0.25, 0.3) is 0 Å². The molecule has 0 aromatic heterocycles. The van der Waals surface area contributed by atoms with Gasteiger partial charge >= 0.3 is 0 Å². The molecule has 1 amide bonds. The Balaban J connectivity index is 2.08. The van der Waals surface area contributed by atoms with Crippen LogP contribution >= 0.6 is 0 Å². The number of anilines is 1. The Morgan fingerprint density at radius 2 is 1.62 bits per heavy atom. The Labute approximate surface area is 145 Å². The SMILES string of the molecule is CCCN(CCC)S(=O)(=O)c1ccc(NC(=O)C2CCCC2)cc1. The van der Waals surface area contributed by atoms with Gasteiger partial charge < -0.3 is 5.32 Å². The molecule has 1 fully saturated rings. The van der Waals surface area contributed by atoms with Crippen molar-refractivity contribution in [2.75, 3.05) is 18.4 Å². The summed E-state index contributed by atoms with van der Waals surface area (Å²) in [5.41, 5.74) is 0.656. The van der Waals surface area contributed by atoms with E-state index in [4.69, 9.17) is 0 Å². The van der Waals surface area contributed by atoms with E-state index in [0.717, 1.165) is 38.5 Å². The second kappa shape index (κ2) is 8.62. The first kappa shape index (κ1) is 18.9. The zero-order valence-electron chi connectivity index (χ0n) is 14.6. The van der Waals surface area contributed by atoms with E-state index in [9.17, 15) is 13.2 Å². The molecule has 1 saturated carbocycles. The highest BCUT2D eigenvalue weighted by Crippen LogP contribution is 2.26. The molecule has 1 aromatic carbocycles. The van der Waals surface area contributed by atoms with E-state index < -0.39 is 10.0 Å². The normalized spacial score (nSPS) is 15.8. The largest absolute Gasteiger partial charge is 0.326 e. The third-order valence-electron chi connectivity index (χ3n) is 4.43. The van der Waals surface area contributed by atoms with Crippen LogP contribution in [0.3, 0.4) is 0 Å². The lowest BCUT2D eigenvalue weighted by Crippen LogP contribution is -2.32. The summed E-state index contributed by atoms with van der Waals surface area (Å²) in [6, 6.07) is 6.52. The van der Waals surface area contributed by atoms with E-state index in [1.165, 1.54) is 4.31 Å². The second-order valence-electron chi connectivity index (χ2n) is 6.40. The quantitative estimate of drug-likeness (QED) is 0.777. The van der Waals surface area contributed by atoms with Crippen LogP contribution in [0, 0.1) is 5.92 Å². The third kappa shape index (κ3) is 4.57. The van der Waals surface area contributed by atoms with Crippen molar-refractivity contribution in [2.45, 2.75) is 57.3 Å². The monoisotopic (exact) mass is 352 g/mol. The van der Waals surface area contributed by atoms with Crippen molar-refractivity contribution < 1.29 is 13.2 Å². The number of carbonyl (C=O) groups is 1. The van der Waals surface area contributed by atoms with Crippen molar-refractivity contribution in [1.82, 2.24) is 4.31 Å². The molecule has 0 radical (unpaired) electrons. The summed E-state index contributed by atoms with van der Waals surface area (Å²) in [4.78, 5) is 12.4. The highest BCUT2D eigenvalue weighted by atomic mass is 32.2. The van der Waals surface area contributed by atoms with Crippen molar-refractivity contribution in [3.63, 3.8) is 0 Å². The summed E-state index contributed by atoms with van der Waals surface area (Å²) in [5.74, 6) is 0.139. The molecule has 0 saturated heterocycles. The van der Waals surface area contributed by atoms with E-state index >= 15 is 0 Å². The van der Waals surface area contributed by atoms with Gasteiger partial charge in [0.2, 0.25) is 15.9 Å². The van der Waals surface area contributed by atoms with E-state index in [2.05, 4.69) is 5.32 Å². The maximum Gasteiger partial charge on any atom is 0.243 e. The summed E-state index contributed by atoms with van der Waals surface area (Å²) in [5, 5.41) is 2.89. The number of amides is 1. The van der Waals surface area contributed by atoms with Crippen molar-refractivity contribution in [1.29, 1.82) is 0 Å². The molecule has 1 aliphatic carbocycles. The predicted octanol–water partition coefficient (Wildman–Crippen LogP) is 3.63. The molecule has 0 bridgehead atoms. The molecule has 0 spiro atoms. The molecule has 2 rings (SSSR count). The van der Waals surface area contributed by atoms with E-state index in [1.54, 1.807) is 24.3 Å². The van der Waals surface area contributed by atoms with Crippen molar-refractivity contribution in [3.05, 3.63) is 24.3 Å². The van der Waals surface area contributed by atoms with Crippen LogP contribution < -0.4 is 5.32 Å². The molecule has 0 heterocycles. The fourth-order valence-electron chi connectivity index (χ4n) is 3.14. The highest BCUT2D eigenvalue weighted by Gasteiger charge is 2.24. The van der Waals surface area contributed by atoms with Crippen LogP contribution in [0.2, 0.25) is 0 Å². The first-order valence-electron chi connectivity index (χ1n) is 8.90. The van der Waals surface area contributed by atoms with Crippen LogP contribution in [0.1, 0.15) is 52.4 Å². The molecule has 0 atom stereocenters. The molecular weight excluding hydrogens is 324 g/mol. The standard InChI is InChI=1S/C18H28N2O3S/c1-3-13-20(14-4-2)24(22,23)17-11-9-16(10-12-17)19-18(21)15-7-5-6-8-15/h9-12,15H,3-8,13-14H2,1-2H3,(H,19,21). The highest BCUT2D eigenvalue weighted by molar-refractivity contribution is 7.89. The van der Waals surface area contributed by atoms with Gasteiger partial charge in [-0.1, -0.05) is 26.7 Å². The Bertz CT molecular complexity index is 629. The van der Waals surface area contributed by atoms with Crippen LogP contribution in [0.5, 0.6) is 0 Å². The van der Waals surface area contributed by atoms with Gasteiger partial charge in [0, 0.05) is 24.7 Å². The molecule has 6 heteroatoms. The Hall–Kier alpha value is -1.40. The zero-order valence-corrected chi connectivity index (χ0v) is 15.4. The van der Waals surface area contributed by atoms with Gasteiger partial charge in [-0.15, -0.1) is 0 Å². The number of carbonyl (C=O) groups excluding carboxylic acids is 1. The molecular formula is C18H28N2O3S. The molecule has 5 nitrogen and oxygen atoms in total. The lowest BCUT2D eigenvalue weighted by Gasteiger charge is -2.21. The van der Waals surface area contributed by atoms with E-state index in [0.29, 0.717) is 18.8 Å². The van der Waals surface area contributed by atoms with Crippen LogP contribution in [0.15, 0.2) is 29.2 Å². The predicted molar refractivity (Wildman–Crippen MR) is 96.4 cm³/mol. The summed E-state index contributed by atoms with van der Waals surface area (Å²) >= 11 is 0. The van der Waals surface area contributed by atoms with E-state index in [-0.39, 0.29) is 16.7 Å². The number of hydrogen-bond acceptors (Lipinski definition) is 3. The Morgan fingerprint density at radius 3 is 2.12 bits per heavy atom. The van der Waals surface area contributed by atoms with Crippen LogP contribution in [0.4, 0.5) is 5.69 Å². The number of benzene rings is 1. The van der Waals surface area contributed by atoms with Crippen molar-refractivity contribution >= 4 is 21.6 Å². The summed E-state index contributed by atoms with van der Waals surface area (Å²) in [7, 11) is -3.47. The van der Waals surface area contributed by atoms with Crippen LogP contribution in [-0.2, 0) is 14.8 Å². The molecule has 134 valence electrons. The van der Waals surface area contributed by atoms with Gasteiger partial charge in [-0.25, -0.2) is 8.42 Å². The summed E-state index contributed by atoms with van der Waals surface area (Å²) in [6.45, 7) is 4.99. The average molecular weight is 353 g/mol. The Morgan fingerprint density at radius 1 is 1.08 bits per heavy atom. The minimum absolute atomic E-state index is 0.0432. The van der Waals surface area contributed by atoms with Gasteiger partial charge in [0.15, 0.2) is 0 Å². The molecule has 0 aliphatic heterocycles. The number of hydrogen-bond donors (Lipinski definition) is 1. The van der Waals surface area contributed by atoms with Crippen LogP contribution in [0.25, 0.3) is 0 Å². The number of nitrogens with zero attached hydrogens (tertiary/aromatic N) is 1. The van der Waals surface area contributed by atoms with E-state index in [1.807, 2.05) is 13.8 Å². The molecule has 0 unspecified atom stereocenters. The van der Waals surface area contributed by atoms with Crippen LogP contribution in [-0.4, -0.2) is 31.7 Å². The Kier molecular flexibility index (Phi) is 6.80. The van der Waals surface area contributed by atoms with Crippen molar-refractivity contribution in [2.24, 2.45) is 5.92 Å². The first-order valence-corrected chi connectivity index (χ1v) is 10.3. The third-order valence-corrected chi connectivity index (χ3v) is 6.34. The van der Waals surface area contributed by atoms with Gasteiger partial charge in [-0.3, -0.25) is 4.79 Å². The van der Waals surface area contributed by atoms with Gasteiger partial charge in [-0.05, 0) is 49.9 Å². The zero-order chi connectivity index (χ0) is 17.6. The summed E-state index contributed by atoms with van der Waals surface area (Å²) in [6.07, 6.45) is 5.69. The number of rotatable bonds is 8.